The molecule has 3 aromatic rings. The summed E-state index contributed by atoms with van der Waals surface area (Å²) in [7, 11) is 1.98. The van der Waals surface area contributed by atoms with Crippen LogP contribution < -0.4 is 15.8 Å². The molecule has 0 saturated carbocycles. The third-order valence-electron chi connectivity index (χ3n) is 4.81. The van der Waals surface area contributed by atoms with Gasteiger partial charge in [-0.15, -0.1) is 0 Å². The maximum absolute atomic E-state index is 12.5. The van der Waals surface area contributed by atoms with Gasteiger partial charge in [0.25, 0.3) is 11.5 Å². The van der Waals surface area contributed by atoms with E-state index in [1.54, 1.807) is 12.1 Å². The molecule has 28 heavy (non-hydrogen) atoms. The van der Waals surface area contributed by atoms with E-state index in [2.05, 4.69) is 20.2 Å². The van der Waals surface area contributed by atoms with Gasteiger partial charge in [-0.1, -0.05) is 0 Å². The first kappa shape index (κ1) is 18.2. The Labute approximate surface area is 161 Å². The highest BCUT2D eigenvalue weighted by Gasteiger charge is 2.18. The molecule has 9 nitrogen and oxygen atoms in total. The number of amides is 1. The first-order valence-electron chi connectivity index (χ1n) is 9.23. The number of aromatic amines is 1. The van der Waals surface area contributed by atoms with Crippen molar-refractivity contribution in [1.82, 2.24) is 24.8 Å². The highest BCUT2D eigenvalue weighted by molar-refractivity contribution is 5.97. The number of hydrogen-bond donors (Lipinski definition) is 2. The molecular formula is C19H22N6O3. The zero-order valence-electron chi connectivity index (χ0n) is 15.6. The van der Waals surface area contributed by atoms with Crippen molar-refractivity contribution in [2.24, 2.45) is 7.05 Å². The van der Waals surface area contributed by atoms with E-state index in [1.165, 1.54) is 12.4 Å². The summed E-state index contributed by atoms with van der Waals surface area (Å²) in [5.41, 5.74) is 2.75. The van der Waals surface area contributed by atoms with Crippen molar-refractivity contribution in [2.45, 2.75) is 6.42 Å². The minimum absolute atomic E-state index is 0.176. The fourth-order valence-corrected chi connectivity index (χ4v) is 3.33. The summed E-state index contributed by atoms with van der Waals surface area (Å²) in [5, 5.41) is 2.86. The number of benzene rings is 1. The van der Waals surface area contributed by atoms with Gasteiger partial charge in [-0.25, -0.2) is 9.97 Å². The molecule has 0 aliphatic carbocycles. The smallest absolute Gasteiger partial charge is 0.251 e. The van der Waals surface area contributed by atoms with Crippen LogP contribution >= 0.6 is 0 Å². The summed E-state index contributed by atoms with van der Waals surface area (Å²) in [5.74, 6) is 0.710. The van der Waals surface area contributed by atoms with Gasteiger partial charge in [0.1, 0.15) is 0 Å². The van der Waals surface area contributed by atoms with E-state index in [9.17, 15) is 9.59 Å². The quantitative estimate of drug-likeness (QED) is 0.664. The van der Waals surface area contributed by atoms with E-state index in [0.717, 1.165) is 30.1 Å². The molecule has 146 valence electrons. The molecule has 1 fully saturated rings. The number of nitrogens with zero attached hydrogens (tertiary/aromatic N) is 4. The van der Waals surface area contributed by atoms with Crippen molar-refractivity contribution in [1.29, 1.82) is 0 Å². The van der Waals surface area contributed by atoms with E-state index >= 15 is 0 Å². The van der Waals surface area contributed by atoms with Crippen molar-refractivity contribution in [3.63, 3.8) is 0 Å². The summed E-state index contributed by atoms with van der Waals surface area (Å²) < 4.78 is 7.45. The summed E-state index contributed by atoms with van der Waals surface area (Å²) in [4.78, 5) is 37.2. The number of nitrogens with one attached hydrogen (secondary N) is 2. The summed E-state index contributed by atoms with van der Waals surface area (Å²) >= 11 is 0. The number of anilines is 1. The third kappa shape index (κ3) is 3.74. The molecule has 2 N–H and O–H groups in total. The van der Waals surface area contributed by atoms with E-state index < -0.39 is 0 Å². The zero-order valence-corrected chi connectivity index (χ0v) is 15.6. The van der Waals surface area contributed by atoms with E-state index in [1.807, 2.05) is 17.7 Å². The number of imidazole rings is 1. The van der Waals surface area contributed by atoms with Crippen LogP contribution in [0.15, 0.2) is 35.4 Å². The van der Waals surface area contributed by atoms with Gasteiger partial charge >= 0.3 is 0 Å². The highest BCUT2D eigenvalue weighted by Crippen LogP contribution is 2.23. The molecule has 0 spiro atoms. The summed E-state index contributed by atoms with van der Waals surface area (Å²) in [6.07, 6.45) is 1.85. The maximum Gasteiger partial charge on any atom is 0.251 e. The Hall–Kier alpha value is -3.20. The number of aryl methyl sites for hydroxylation is 1. The van der Waals surface area contributed by atoms with Crippen molar-refractivity contribution in [3.05, 3.63) is 52.2 Å². The fourth-order valence-electron chi connectivity index (χ4n) is 3.33. The topological polar surface area (TPSA) is 105 Å². The second kappa shape index (κ2) is 7.81. The van der Waals surface area contributed by atoms with Crippen LogP contribution in [-0.2, 0) is 18.2 Å². The normalized spacial score (nSPS) is 14.4. The number of morpholine rings is 1. The molecule has 0 bridgehead atoms. The Bertz CT molecular complexity index is 1050. The molecule has 0 atom stereocenters. The summed E-state index contributed by atoms with van der Waals surface area (Å²) in [6, 6.07) is 6.95. The van der Waals surface area contributed by atoms with E-state index in [0.29, 0.717) is 37.4 Å². The minimum Gasteiger partial charge on any atom is -0.378 e. The van der Waals surface area contributed by atoms with Gasteiger partial charge in [0.05, 0.1) is 30.6 Å². The van der Waals surface area contributed by atoms with Crippen molar-refractivity contribution in [3.8, 4) is 0 Å². The predicted molar refractivity (Wildman–Crippen MR) is 105 cm³/mol. The van der Waals surface area contributed by atoms with Gasteiger partial charge < -0.3 is 24.5 Å². The van der Waals surface area contributed by atoms with Crippen LogP contribution in [0.3, 0.4) is 0 Å². The first-order chi connectivity index (χ1) is 13.6. The molecule has 0 unspecified atom stereocenters. The van der Waals surface area contributed by atoms with Crippen molar-refractivity contribution < 1.29 is 9.53 Å². The molecule has 1 aromatic carbocycles. The van der Waals surface area contributed by atoms with Gasteiger partial charge in [0.15, 0.2) is 0 Å². The average Bonchev–Trinajstić information content (AvgIpc) is 3.05. The number of rotatable bonds is 5. The standard InChI is InChI=1S/C19H22N6O3/c1-24-16-3-2-13(10-15(16)23-19(24)25-6-8-28-9-7-25)18(27)20-5-4-14-11-17(26)22-12-21-14/h2-3,10-12H,4-9H2,1H3,(H,20,27)(H,21,22,26). The predicted octanol–water partition coefficient (Wildman–Crippen LogP) is 0.466. The Balaban J connectivity index is 1.46. The molecule has 2 aromatic heterocycles. The van der Waals surface area contributed by atoms with Gasteiger partial charge in [0, 0.05) is 50.4 Å². The first-order valence-corrected chi connectivity index (χ1v) is 9.23. The Kier molecular flexibility index (Phi) is 5.07. The lowest BCUT2D eigenvalue weighted by Crippen LogP contribution is -2.37. The molecule has 1 aliphatic rings. The summed E-state index contributed by atoms with van der Waals surface area (Å²) in [6.45, 7) is 3.40. The van der Waals surface area contributed by atoms with Crippen LogP contribution in [0.2, 0.25) is 0 Å². The lowest BCUT2D eigenvalue weighted by molar-refractivity contribution is 0.0954. The zero-order chi connectivity index (χ0) is 19.5. The Morgan fingerprint density at radius 2 is 2.11 bits per heavy atom. The van der Waals surface area contributed by atoms with Gasteiger partial charge in [0.2, 0.25) is 5.95 Å². The molecule has 4 rings (SSSR count). The maximum atomic E-state index is 12.5. The van der Waals surface area contributed by atoms with Crippen LogP contribution in [0.25, 0.3) is 11.0 Å². The van der Waals surface area contributed by atoms with Crippen molar-refractivity contribution >= 4 is 22.9 Å². The molecule has 0 radical (unpaired) electrons. The lowest BCUT2D eigenvalue weighted by Gasteiger charge is -2.27. The Morgan fingerprint density at radius 1 is 1.29 bits per heavy atom. The molecule has 9 heteroatoms. The van der Waals surface area contributed by atoms with Crippen LogP contribution in [0.1, 0.15) is 16.1 Å². The molecule has 1 aliphatic heterocycles. The average molecular weight is 382 g/mol. The number of H-pyrrole nitrogens is 1. The number of ether oxygens (including phenoxy) is 1. The SMILES string of the molecule is Cn1c(N2CCOCC2)nc2cc(C(=O)NCCc3cc(=O)[nH]cn3)ccc21. The van der Waals surface area contributed by atoms with Crippen LogP contribution in [-0.4, -0.2) is 58.3 Å². The second-order valence-corrected chi connectivity index (χ2v) is 6.68. The minimum atomic E-state index is -0.201. The van der Waals surface area contributed by atoms with Gasteiger partial charge in [-0.05, 0) is 18.2 Å². The van der Waals surface area contributed by atoms with Crippen LogP contribution in [0.4, 0.5) is 5.95 Å². The largest absolute Gasteiger partial charge is 0.378 e. The highest BCUT2D eigenvalue weighted by atomic mass is 16.5. The number of hydrogen-bond acceptors (Lipinski definition) is 6. The van der Waals surface area contributed by atoms with Crippen molar-refractivity contribution in [2.75, 3.05) is 37.7 Å². The number of carbonyl (C=O) groups is 1. The monoisotopic (exact) mass is 382 g/mol. The second-order valence-electron chi connectivity index (χ2n) is 6.68. The van der Waals surface area contributed by atoms with E-state index in [4.69, 9.17) is 9.72 Å². The number of carbonyl (C=O) groups excluding carboxylic acids is 1. The molecule has 3 heterocycles. The fraction of sp³-hybridized carbons (Fsp3) is 0.368. The number of aromatic nitrogens is 4. The number of fused-ring (bicyclic) bond motifs is 1. The van der Waals surface area contributed by atoms with Crippen LogP contribution in [0.5, 0.6) is 0 Å². The van der Waals surface area contributed by atoms with E-state index in [-0.39, 0.29) is 11.5 Å². The molecular weight excluding hydrogens is 360 g/mol. The van der Waals surface area contributed by atoms with Crippen LogP contribution in [0, 0.1) is 0 Å². The van der Waals surface area contributed by atoms with Gasteiger partial charge in [-0.2, -0.15) is 0 Å². The van der Waals surface area contributed by atoms with Gasteiger partial charge in [-0.3, -0.25) is 9.59 Å². The lowest BCUT2D eigenvalue weighted by atomic mass is 10.2. The third-order valence-corrected chi connectivity index (χ3v) is 4.81. The molecule has 1 amide bonds. The Morgan fingerprint density at radius 3 is 2.89 bits per heavy atom. The molecule has 1 saturated heterocycles.